The highest BCUT2D eigenvalue weighted by molar-refractivity contribution is 5.09. The highest BCUT2D eigenvalue weighted by Gasteiger charge is 2.80. The zero-order valence-corrected chi connectivity index (χ0v) is 9.35. The van der Waals surface area contributed by atoms with Gasteiger partial charge in [-0.15, -0.1) is 0 Å². The van der Waals surface area contributed by atoms with E-state index < -0.39 is 42.3 Å². The van der Waals surface area contributed by atoms with Gasteiger partial charge in [-0.1, -0.05) is 6.92 Å². The Balaban J connectivity index is 3.33. The molecule has 0 aliphatic carbocycles. The van der Waals surface area contributed by atoms with E-state index >= 15 is 0 Å². The number of ether oxygens (including phenoxy) is 1. The number of rotatable bonds is 2. The van der Waals surface area contributed by atoms with Crippen LogP contribution in [0.4, 0.5) is 35.1 Å². The molecular weight excluding hydrogens is 276 g/mol. The Bertz CT molecular complexity index is 338. The Labute approximate surface area is 97.1 Å². The minimum atomic E-state index is -5.50. The smallest absolute Gasteiger partial charge is 0.250 e. The standard InChI is InChI=1S/C9H10F8O/c1-3-6(12)4-7(13,5(2,10)11)9(16,17)18-8(6,14)15/h3-4H2,1-2H3. The Morgan fingerprint density at radius 3 is 1.78 bits per heavy atom. The molecule has 0 radical (unpaired) electrons. The largest absolute Gasteiger partial charge is 0.400 e. The average Bonchev–Trinajstić information content (AvgIpc) is 2.11. The molecule has 1 aliphatic rings. The first-order chi connectivity index (χ1) is 7.72. The average molecular weight is 286 g/mol. The van der Waals surface area contributed by atoms with Crippen molar-refractivity contribution in [2.24, 2.45) is 0 Å². The molecule has 1 aliphatic heterocycles. The molecule has 1 nitrogen and oxygen atoms in total. The minimum absolute atomic E-state index is 0.246. The van der Waals surface area contributed by atoms with Gasteiger partial charge >= 0.3 is 12.2 Å². The van der Waals surface area contributed by atoms with E-state index in [9.17, 15) is 35.1 Å². The van der Waals surface area contributed by atoms with Crippen molar-refractivity contribution in [3.8, 4) is 0 Å². The lowest BCUT2D eigenvalue weighted by atomic mass is 9.80. The maximum absolute atomic E-state index is 13.7. The molecular formula is C9H10F8O. The number of hydrogen-bond donors (Lipinski definition) is 0. The third kappa shape index (κ3) is 1.86. The third-order valence-electron chi connectivity index (χ3n) is 3.02. The summed E-state index contributed by atoms with van der Waals surface area (Å²) in [6.45, 7) is 0.540. The molecule has 108 valence electrons. The highest BCUT2D eigenvalue weighted by Crippen LogP contribution is 2.59. The van der Waals surface area contributed by atoms with Gasteiger partial charge in [-0.05, 0) is 6.42 Å². The number of hydrogen-bond acceptors (Lipinski definition) is 1. The Morgan fingerprint density at radius 1 is 1.00 bits per heavy atom. The van der Waals surface area contributed by atoms with Crippen molar-refractivity contribution in [3.05, 3.63) is 0 Å². The summed E-state index contributed by atoms with van der Waals surface area (Å²) >= 11 is 0. The van der Waals surface area contributed by atoms with Gasteiger partial charge in [0.2, 0.25) is 5.67 Å². The van der Waals surface area contributed by atoms with Gasteiger partial charge in [0, 0.05) is 13.3 Å². The van der Waals surface area contributed by atoms with E-state index in [2.05, 4.69) is 4.74 Å². The lowest BCUT2D eigenvalue weighted by Gasteiger charge is -2.48. The first-order valence-corrected chi connectivity index (χ1v) is 4.94. The molecule has 18 heavy (non-hydrogen) atoms. The Morgan fingerprint density at radius 2 is 1.44 bits per heavy atom. The van der Waals surface area contributed by atoms with Crippen LogP contribution in [0.5, 0.6) is 0 Å². The Kier molecular flexibility index (Phi) is 3.18. The molecule has 0 aromatic heterocycles. The van der Waals surface area contributed by atoms with Gasteiger partial charge in [0.1, 0.15) is 0 Å². The van der Waals surface area contributed by atoms with Crippen molar-refractivity contribution >= 4 is 0 Å². The first-order valence-electron chi connectivity index (χ1n) is 4.94. The molecule has 2 unspecified atom stereocenters. The van der Waals surface area contributed by atoms with Crippen LogP contribution in [0.3, 0.4) is 0 Å². The monoisotopic (exact) mass is 286 g/mol. The molecule has 2 atom stereocenters. The normalized spacial score (nSPS) is 39.7. The van der Waals surface area contributed by atoms with E-state index in [1.807, 2.05) is 0 Å². The quantitative estimate of drug-likeness (QED) is 0.695. The van der Waals surface area contributed by atoms with Crippen molar-refractivity contribution in [2.45, 2.75) is 56.2 Å². The summed E-state index contributed by atoms with van der Waals surface area (Å²) in [4.78, 5) is 0. The number of halogens is 8. The summed E-state index contributed by atoms with van der Waals surface area (Å²) in [5, 5.41) is 0. The molecule has 0 bridgehead atoms. The molecule has 1 saturated heterocycles. The second kappa shape index (κ2) is 3.71. The van der Waals surface area contributed by atoms with Crippen molar-refractivity contribution in [3.63, 3.8) is 0 Å². The fourth-order valence-electron chi connectivity index (χ4n) is 1.67. The summed E-state index contributed by atoms with van der Waals surface area (Å²) in [5.41, 5.74) is -8.77. The zero-order valence-electron chi connectivity index (χ0n) is 9.35. The second-order valence-electron chi connectivity index (χ2n) is 4.32. The van der Waals surface area contributed by atoms with Gasteiger partial charge in [0.05, 0.1) is 0 Å². The summed E-state index contributed by atoms with van der Waals surface area (Å²) in [7, 11) is 0. The molecule has 9 heteroatoms. The van der Waals surface area contributed by atoms with Crippen molar-refractivity contribution in [2.75, 3.05) is 0 Å². The van der Waals surface area contributed by atoms with Crippen LogP contribution in [0.2, 0.25) is 0 Å². The van der Waals surface area contributed by atoms with Gasteiger partial charge < -0.3 is 0 Å². The van der Waals surface area contributed by atoms with Crippen LogP contribution >= 0.6 is 0 Å². The lowest BCUT2D eigenvalue weighted by molar-refractivity contribution is -0.489. The van der Waals surface area contributed by atoms with Gasteiger partial charge in [-0.2, -0.15) is 17.6 Å². The maximum atomic E-state index is 13.7. The SMILES string of the molecule is CCC1(F)CC(F)(C(C)(F)F)C(F)(F)OC1(F)F. The minimum Gasteiger partial charge on any atom is -0.250 e. The molecule has 0 N–H and O–H groups in total. The van der Waals surface area contributed by atoms with Crippen LogP contribution in [0.15, 0.2) is 0 Å². The van der Waals surface area contributed by atoms with E-state index in [4.69, 9.17) is 0 Å². The van der Waals surface area contributed by atoms with E-state index in [-0.39, 0.29) is 6.92 Å². The van der Waals surface area contributed by atoms with Crippen LogP contribution in [0, 0.1) is 0 Å². The molecule has 0 spiro atoms. The van der Waals surface area contributed by atoms with E-state index in [0.29, 0.717) is 0 Å². The second-order valence-corrected chi connectivity index (χ2v) is 4.32. The highest BCUT2D eigenvalue weighted by atomic mass is 19.3. The third-order valence-corrected chi connectivity index (χ3v) is 3.02. The maximum Gasteiger partial charge on any atom is 0.400 e. The molecule has 0 saturated carbocycles. The fraction of sp³-hybridized carbons (Fsp3) is 1.00. The van der Waals surface area contributed by atoms with E-state index in [1.165, 1.54) is 0 Å². The zero-order chi connectivity index (χ0) is 14.6. The predicted octanol–water partition coefficient (Wildman–Crippen LogP) is 4.07. The van der Waals surface area contributed by atoms with Crippen LogP contribution in [-0.4, -0.2) is 29.5 Å². The topological polar surface area (TPSA) is 9.23 Å². The van der Waals surface area contributed by atoms with Crippen LogP contribution in [-0.2, 0) is 4.74 Å². The van der Waals surface area contributed by atoms with E-state index in [0.717, 1.165) is 6.92 Å². The predicted molar refractivity (Wildman–Crippen MR) is 44.2 cm³/mol. The van der Waals surface area contributed by atoms with E-state index in [1.54, 1.807) is 0 Å². The first kappa shape index (κ1) is 15.5. The summed E-state index contributed by atoms with van der Waals surface area (Å²) in [6.07, 6.45) is -14.1. The lowest BCUT2D eigenvalue weighted by Crippen LogP contribution is -2.70. The van der Waals surface area contributed by atoms with Crippen molar-refractivity contribution in [1.82, 2.24) is 0 Å². The van der Waals surface area contributed by atoms with Crippen molar-refractivity contribution < 1.29 is 39.9 Å². The summed E-state index contributed by atoms with van der Waals surface area (Å²) in [6, 6.07) is 0. The van der Waals surface area contributed by atoms with Gasteiger partial charge in [-0.3, -0.25) is 0 Å². The molecule has 1 heterocycles. The molecule has 0 aromatic rings. The van der Waals surface area contributed by atoms with Crippen LogP contribution < -0.4 is 0 Å². The van der Waals surface area contributed by atoms with Crippen LogP contribution in [0.25, 0.3) is 0 Å². The van der Waals surface area contributed by atoms with Gasteiger partial charge in [0.25, 0.3) is 11.6 Å². The summed E-state index contributed by atoms with van der Waals surface area (Å²) < 4.78 is 108. The molecule has 1 rings (SSSR count). The molecule has 1 fully saturated rings. The number of alkyl halides is 8. The molecule has 0 aromatic carbocycles. The van der Waals surface area contributed by atoms with Gasteiger partial charge in [-0.25, -0.2) is 22.3 Å². The van der Waals surface area contributed by atoms with Gasteiger partial charge in [0.15, 0.2) is 0 Å². The van der Waals surface area contributed by atoms with Crippen LogP contribution in [0.1, 0.15) is 26.7 Å². The van der Waals surface area contributed by atoms with Crippen molar-refractivity contribution in [1.29, 1.82) is 0 Å². The molecule has 0 amide bonds. The summed E-state index contributed by atoms with van der Waals surface area (Å²) in [5.74, 6) is -4.75. The fourth-order valence-corrected chi connectivity index (χ4v) is 1.67. The Hall–Kier alpha value is -0.600.